The molecule has 0 aliphatic heterocycles. The smallest absolute Gasteiger partial charge is 0.224 e. The number of benzene rings is 1. The van der Waals surface area contributed by atoms with E-state index in [0.29, 0.717) is 22.4 Å². The van der Waals surface area contributed by atoms with Crippen molar-refractivity contribution in [3.8, 4) is 0 Å². The van der Waals surface area contributed by atoms with Gasteiger partial charge in [0.1, 0.15) is 5.82 Å². The summed E-state index contributed by atoms with van der Waals surface area (Å²) in [6, 6.07) is 6.92. The highest BCUT2D eigenvalue weighted by Gasteiger charge is 2.06. The summed E-state index contributed by atoms with van der Waals surface area (Å²) in [6.45, 7) is 2.19. The Hall–Kier alpha value is -1.65. The van der Waals surface area contributed by atoms with Gasteiger partial charge in [0.2, 0.25) is 5.91 Å². The van der Waals surface area contributed by atoms with E-state index in [4.69, 9.17) is 23.2 Å². The minimum Gasteiger partial charge on any atom is -0.350 e. The second kappa shape index (κ2) is 6.68. The third-order valence-corrected chi connectivity index (χ3v) is 3.39. The van der Waals surface area contributed by atoms with Crippen LogP contribution in [0.2, 0.25) is 10.0 Å². The van der Waals surface area contributed by atoms with E-state index in [1.54, 1.807) is 37.4 Å². The van der Waals surface area contributed by atoms with Gasteiger partial charge in [-0.2, -0.15) is 0 Å². The van der Waals surface area contributed by atoms with Crippen LogP contribution >= 0.6 is 23.2 Å². The number of halogens is 2. The summed E-state index contributed by atoms with van der Waals surface area (Å²) in [5.41, 5.74) is 1.59. The molecular weight excluding hydrogens is 297 g/mol. The number of nitrogens with zero attached hydrogens (tertiary/aromatic N) is 2. The number of carbonyl (C=O) groups is 1. The molecule has 1 heterocycles. The molecule has 104 valence electrons. The van der Waals surface area contributed by atoms with Crippen molar-refractivity contribution < 1.29 is 4.79 Å². The molecule has 1 aromatic heterocycles. The van der Waals surface area contributed by atoms with Crippen molar-refractivity contribution >= 4 is 29.1 Å². The van der Waals surface area contributed by atoms with E-state index in [1.165, 1.54) is 0 Å². The van der Waals surface area contributed by atoms with Gasteiger partial charge in [-0.3, -0.25) is 4.79 Å². The molecule has 6 heteroatoms. The zero-order chi connectivity index (χ0) is 14.5. The fourth-order valence-corrected chi connectivity index (χ4v) is 2.01. The normalized spacial score (nSPS) is 10.3. The number of amides is 1. The van der Waals surface area contributed by atoms with Gasteiger partial charge < -0.3 is 5.32 Å². The lowest BCUT2D eigenvalue weighted by Gasteiger charge is -2.06. The van der Waals surface area contributed by atoms with Crippen molar-refractivity contribution in [1.82, 2.24) is 15.3 Å². The number of aryl methyl sites for hydroxylation is 1. The van der Waals surface area contributed by atoms with E-state index in [2.05, 4.69) is 15.3 Å². The van der Waals surface area contributed by atoms with E-state index in [9.17, 15) is 4.79 Å². The molecule has 0 aliphatic carbocycles. The molecule has 4 nitrogen and oxygen atoms in total. The van der Waals surface area contributed by atoms with Crippen molar-refractivity contribution in [1.29, 1.82) is 0 Å². The highest BCUT2D eigenvalue weighted by molar-refractivity contribution is 6.42. The lowest BCUT2D eigenvalue weighted by molar-refractivity contribution is -0.120. The predicted molar refractivity (Wildman–Crippen MR) is 78.8 cm³/mol. The van der Waals surface area contributed by atoms with Crippen LogP contribution in [0.25, 0.3) is 0 Å². The SMILES string of the molecule is Cc1nccc(CNC(=O)Cc2ccc(Cl)c(Cl)c2)n1. The standard InChI is InChI=1S/C14H13Cl2N3O/c1-9-17-5-4-11(19-9)8-18-14(20)7-10-2-3-12(15)13(16)6-10/h2-6H,7-8H2,1H3,(H,18,20). The summed E-state index contributed by atoms with van der Waals surface area (Å²) >= 11 is 11.7. The Labute approximate surface area is 127 Å². The van der Waals surface area contributed by atoms with Crippen LogP contribution in [-0.2, 0) is 17.8 Å². The summed E-state index contributed by atoms with van der Waals surface area (Å²) in [7, 11) is 0. The summed E-state index contributed by atoms with van der Waals surface area (Å²) in [6.07, 6.45) is 1.92. The molecule has 0 radical (unpaired) electrons. The quantitative estimate of drug-likeness (QED) is 0.944. The Bertz CT molecular complexity index is 632. The zero-order valence-electron chi connectivity index (χ0n) is 10.9. The summed E-state index contributed by atoms with van der Waals surface area (Å²) in [4.78, 5) is 20.1. The number of hydrogen-bond donors (Lipinski definition) is 1. The monoisotopic (exact) mass is 309 g/mol. The van der Waals surface area contributed by atoms with Crippen molar-refractivity contribution in [2.24, 2.45) is 0 Å². The molecule has 1 aromatic carbocycles. The summed E-state index contributed by atoms with van der Waals surface area (Å²) in [5.74, 6) is 0.584. The highest BCUT2D eigenvalue weighted by Crippen LogP contribution is 2.22. The van der Waals surface area contributed by atoms with Gasteiger partial charge in [0.15, 0.2) is 0 Å². The maximum atomic E-state index is 11.8. The second-order valence-corrected chi connectivity index (χ2v) is 5.11. The molecule has 1 amide bonds. The van der Waals surface area contributed by atoms with Crippen LogP contribution in [0.4, 0.5) is 0 Å². The van der Waals surface area contributed by atoms with Crippen LogP contribution in [-0.4, -0.2) is 15.9 Å². The third kappa shape index (κ3) is 4.18. The van der Waals surface area contributed by atoms with Crippen LogP contribution in [0, 0.1) is 6.92 Å². The van der Waals surface area contributed by atoms with Gasteiger partial charge in [-0.25, -0.2) is 9.97 Å². The Morgan fingerprint density at radius 2 is 2.05 bits per heavy atom. The first-order valence-electron chi connectivity index (χ1n) is 6.04. The topological polar surface area (TPSA) is 54.9 Å². The van der Waals surface area contributed by atoms with Crippen LogP contribution < -0.4 is 5.32 Å². The molecule has 0 unspecified atom stereocenters. The summed E-state index contributed by atoms with van der Waals surface area (Å²) < 4.78 is 0. The van der Waals surface area contributed by atoms with Crippen LogP contribution in [0.3, 0.4) is 0 Å². The minimum atomic E-state index is -0.0975. The van der Waals surface area contributed by atoms with Gasteiger partial charge in [-0.1, -0.05) is 29.3 Å². The lowest BCUT2D eigenvalue weighted by atomic mass is 10.1. The van der Waals surface area contributed by atoms with Crippen molar-refractivity contribution in [2.75, 3.05) is 0 Å². The molecule has 2 rings (SSSR count). The molecule has 0 fully saturated rings. The third-order valence-electron chi connectivity index (χ3n) is 2.65. The first-order chi connectivity index (χ1) is 9.54. The fourth-order valence-electron chi connectivity index (χ4n) is 1.69. The molecule has 0 bridgehead atoms. The van der Waals surface area contributed by atoms with E-state index in [1.807, 2.05) is 0 Å². The highest BCUT2D eigenvalue weighted by atomic mass is 35.5. The van der Waals surface area contributed by atoms with Gasteiger partial charge in [0.05, 0.1) is 28.7 Å². The van der Waals surface area contributed by atoms with Gasteiger partial charge in [0, 0.05) is 6.20 Å². The molecule has 0 aliphatic rings. The van der Waals surface area contributed by atoms with E-state index in [-0.39, 0.29) is 12.3 Å². The van der Waals surface area contributed by atoms with Gasteiger partial charge in [0.25, 0.3) is 0 Å². The Balaban J connectivity index is 1.91. The molecule has 0 saturated carbocycles. The van der Waals surface area contributed by atoms with Crippen LogP contribution in [0.5, 0.6) is 0 Å². The first-order valence-corrected chi connectivity index (χ1v) is 6.79. The Morgan fingerprint density at radius 1 is 1.25 bits per heavy atom. The van der Waals surface area contributed by atoms with Gasteiger partial charge >= 0.3 is 0 Å². The van der Waals surface area contributed by atoms with Crippen LogP contribution in [0.15, 0.2) is 30.5 Å². The average Bonchev–Trinajstić information content (AvgIpc) is 2.41. The lowest BCUT2D eigenvalue weighted by Crippen LogP contribution is -2.25. The fraction of sp³-hybridized carbons (Fsp3) is 0.214. The molecule has 0 saturated heterocycles. The summed E-state index contributed by atoms with van der Waals surface area (Å²) in [5, 5.41) is 3.73. The maximum Gasteiger partial charge on any atom is 0.224 e. The molecule has 1 N–H and O–H groups in total. The van der Waals surface area contributed by atoms with E-state index in [0.717, 1.165) is 11.3 Å². The number of carbonyl (C=O) groups excluding carboxylic acids is 1. The first kappa shape index (κ1) is 14.8. The second-order valence-electron chi connectivity index (χ2n) is 4.30. The molecule has 20 heavy (non-hydrogen) atoms. The van der Waals surface area contributed by atoms with E-state index >= 15 is 0 Å². The number of rotatable bonds is 4. The largest absolute Gasteiger partial charge is 0.350 e. The average molecular weight is 310 g/mol. The zero-order valence-corrected chi connectivity index (χ0v) is 12.4. The number of hydrogen-bond acceptors (Lipinski definition) is 3. The number of aromatic nitrogens is 2. The molecule has 2 aromatic rings. The van der Waals surface area contributed by atoms with E-state index < -0.39 is 0 Å². The van der Waals surface area contributed by atoms with Crippen molar-refractivity contribution in [3.05, 3.63) is 57.6 Å². The molecule has 0 atom stereocenters. The Kier molecular flexibility index (Phi) is 4.93. The number of nitrogens with one attached hydrogen (secondary N) is 1. The van der Waals surface area contributed by atoms with Gasteiger partial charge in [-0.05, 0) is 30.7 Å². The minimum absolute atomic E-state index is 0.0975. The molecule has 0 spiro atoms. The van der Waals surface area contributed by atoms with Crippen LogP contribution in [0.1, 0.15) is 17.1 Å². The molecular formula is C14H13Cl2N3O. The maximum absolute atomic E-state index is 11.8. The Morgan fingerprint density at radius 3 is 2.75 bits per heavy atom. The predicted octanol–water partition coefficient (Wildman–Crippen LogP) is 2.95. The van der Waals surface area contributed by atoms with Crippen molar-refractivity contribution in [3.63, 3.8) is 0 Å². The van der Waals surface area contributed by atoms with Crippen molar-refractivity contribution in [2.45, 2.75) is 19.9 Å². The van der Waals surface area contributed by atoms with Gasteiger partial charge in [-0.15, -0.1) is 0 Å².